The molecule has 25 heavy (non-hydrogen) atoms. The standard InChI is InChI=1S/C21H28N2O2/c1-5-21(6-2)11-16-15-8-7-9-17-19(15)14(10-18(16)22(3)13-21)12-23(17)20(24)25-4/h7-9,12,16,18H,5-6,10-11,13H2,1-4H3/t16-,18-/m1/s1. The van der Waals surface area contributed by atoms with E-state index in [2.05, 4.69) is 37.9 Å². The Hall–Kier alpha value is -1.81. The molecule has 134 valence electrons. The fraction of sp³-hybridized carbons (Fsp3) is 0.571. The van der Waals surface area contributed by atoms with Crippen LogP contribution in [0.15, 0.2) is 24.4 Å². The maximum Gasteiger partial charge on any atom is 0.418 e. The molecule has 1 aliphatic carbocycles. The van der Waals surface area contributed by atoms with Crippen molar-refractivity contribution < 1.29 is 9.53 Å². The monoisotopic (exact) mass is 340 g/mol. The van der Waals surface area contributed by atoms with Crippen molar-refractivity contribution in [2.75, 3.05) is 20.7 Å². The van der Waals surface area contributed by atoms with Crippen molar-refractivity contribution >= 4 is 17.0 Å². The van der Waals surface area contributed by atoms with E-state index in [1.807, 2.05) is 12.3 Å². The van der Waals surface area contributed by atoms with E-state index in [-0.39, 0.29) is 6.09 Å². The number of likely N-dealkylation sites (tertiary alicyclic amines) is 1. The lowest BCUT2D eigenvalue weighted by Gasteiger charge is -2.51. The van der Waals surface area contributed by atoms with Crippen LogP contribution in [0.2, 0.25) is 0 Å². The summed E-state index contributed by atoms with van der Waals surface area (Å²) in [6.07, 6.45) is 6.40. The summed E-state index contributed by atoms with van der Waals surface area (Å²) in [6, 6.07) is 6.94. The van der Waals surface area contributed by atoms with Crippen molar-refractivity contribution in [1.29, 1.82) is 0 Å². The number of rotatable bonds is 2. The third-order valence-corrected chi connectivity index (χ3v) is 6.91. The Morgan fingerprint density at radius 1 is 1.32 bits per heavy atom. The van der Waals surface area contributed by atoms with Crippen molar-refractivity contribution in [3.05, 3.63) is 35.5 Å². The minimum absolute atomic E-state index is 0.303. The average Bonchev–Trinajstić information content (AvgIpc) is 3.02. The van der Waals surface area contributed by atoms with Gasteiger partial charge >= 0.3 is 6.09 Å². The van der Waals surface area contributed by atoms with Crippen molar-refractivity contribution in [3.63, 3.8) is 0 Å². The van der Waals surface area contributed by atoms with Gasteiger partial charge in [-0.2, -0.15) is 0 Å². The number of benzene rings is 1. The van der Waals surface area contributed by atoms with Gasteiger partial charge in [-0.15, -0.1) is 0 Å². The van der Waals surface area contributed by atoms with Crippen LogP contribution in [0.25, 0.3) is 10.9 Å². The molecule has 0 amide bonds. The molecule has 2 heterocycles. The Morgan fingerprint density at radius 2 is 2.08 bits per heavy atom. The highest BCUT2D eigenvalue weighted by atomic mass is 16.5. The number of aromatic nitrogens is 1. The third kappa shape index (κ3) is 2.34. The maximum absolute atomic E-state index is 12.2. The number of piperidine rings is 1. The summed E-state index contributed by atoms with van der Waals surface area (Å²) in [5.41, 5.74) is 4.10. The van der Waals surface area contributed by atoms with Gasteiger partial charge in [-0.3, -0.25) is 4.57 Å². The Bertz CT molecular complexity index is 819. The largest absolute Gasteiger partial charge is 0.452 e. The Labute approximate surface area is 149 Å². The molecule has 1 aromatic heterocycles. The van der Waals surface area contributed by atoms with E-state index in [0.717, 1.165) is 11.9 Å². The summed E-state index contributed by atoms with van der Waals surface area (Å²) in [5.74, 6) is 0.545. The van der Waals surface area contributed by atoms with Crippen LogP contribution >= 0.6 is 0 Å². The van der Waals surface area contributed by atoms with Gasteiger partial charge in [-0.25, -0.2) is 4.79 Å². The van der Waals surface area contributed by atoms with Gasteiger partial charge in [0.2, 0.25) is 0 Å². The fourth-order valence-electron chi connectivity index (χ4n) is 5.33. The lowest BCUT2D eigenvalue weighted by Crippen LogP contribution is -2.52. The van der Waals surface area contributed by atoms with E-state index in [9.17, 15) is 4.79 Å². The molecule has 0 spiro atoms. The number of carbonyl (C=O) groups is 1. The van der Waals surface area contributed by atoms with Crippen LogP contribution in [0.3, 0.4) is 0 Å². The molecule has 2 atom stereocenters. The van der Waals surface area contributed by atoms with E-state index in [1.165, 1.54) is 49.4 Å². The van der Waals surface area contributed by atoms with Gasteiger partial charge in [0.05, 0.1) is 12.6 Å². The van der Waals surface area contributed by atoms with Gasteiger partial charge in [-0.1, -0.05) is 26.0 Å². The van der Waals surface area contributed by atoms with Crippen molar-refractivity contribution in [2.24, 2.45) is 5.41 Å². The molecular formula is C21H28N2O2. The number of methoxy groups -OCH3 is 1. The molecule has 4 heteroatoms. The summed E-state index contributed by atoms with van der Waals surface area (Å²) < 4.78 is 6.66. The number of fused-ring (bicyclic) bond motifs is 2. The van der Waals surface area contributed by atoms with Crippen LogP contribution in [-0.4, -0.2) is 42.3 Å². The lowest BCUT2D eigenvalue weighted by atomic mass is 9.64. The van der Waals surface area contributed by atoms with E-state index in [4.69, 9.17) is 4.74 Å². The second-order valence-corrected chi connectivity index (χ2v) is 7.94. The first-order valence-electron chi connectivity index (χ1n) is 9.45. The molecule has 1 aromatic carbocycles. The smallest absolute Gasteiger partial charge is 0.418 e. The number of likely N-dealkylation sites (N-methyl/N-ethyl adjacent to an activating group) is 1. The number of nitrogens with zero attached hydrogens (tertiary/aromatic N) is 2. The second kappa shape index (κ2) is 5.87. The lowest BCUT2D eigenvalue weighted by molar-refractivity contribution is 0.0355. The summed E-state index contributed by atoms with van der Waals surface area (Å²) in [5, 5.41) is 1.28. The summed E-state index contributed by atoms with van der Waals surface area (Å²) in [4.78, 5) is 14.8. The topological polar surface area (TPSA) is 34.5 Å². The molecule has 4 nitrogen and oxygen atoms in total. The molecule has 0 unspecified atom stereocenters. The number of ether oxygens (including phenoxy) is 1. The first-order chi connectivity index (χ1) is 12.0. The fourth-order valence-corrected chi connectivity index (χ4v) is 5.33. The Balaban J connectivity index is 1.87. The zero-order valence-corrected chi connectivity index (χ0v) is 15.7. The summed E-state index contributed by atoms with van der Waals surface area (Å²) in [7, 11) is 3.72. The zero-order valence-electron chi connectivity index (χ0n) is 15.7. The predicted octanol–water partition coefficient (Wildman–Crippen LogP) is 4.41. The predicted molar refractivity (Wildman–Crippen MR) is 100 cm³/mol. The van der Waals surface area contributed by atoms with E-state index in [1.54, 1.807) is 4.57 Å². The van der Waals surface area contributed by atoms with Gasteiger partial charge in [-0.05, 0) is 55.3 Å². The molecule has 2 aromatic rings. The van der Waals surface area contributed by atoms with Crippen LogP contribution < -0.4 is 0 Å². The summed E-state index contributed by atoms with van der Waals surface area (Å²) >= 11 is 0. The highest BCUT2D eigenvalue weighted by Gasteiger charge is 2.45. The Morgan fingerprint density at radius 3 is 2.76 bits per heavy atom. The first-order valence-corrected chi connectivity index (χ1v) is 9.45. The van der Waals surface area contributed by atoms with Crippen LogP contribution in [-0.2, 0) is 11.2 Å². The minimum atomic E-state index is -0.303. The highest BCUT2D eigenvalue weighted by Crippen LogP contribution is 2.50. The third-order valence-electron chi connectivity index (χ3n) is 6.91. The molecule has 1 saturated heterocycles. The molecule has 0 saturated carbocycles. The van der Waals surface area contributed by atoms with E-state index in [0.29, 0.717) is 17.4 Å². The SMILES string of the molecule is CCC1(CC)C[C@@H]2c3cccc4c3c(cn4C(=O)OC)C[C@H]2N(C)C1. The van der Waals surface area contributed by atoms with Gasteiger partial charge < -0.3 is 9.64 Å². The molecule has 0 radical (unpaired) electrons. The zero-order chi connectivity index (χ0) is 17.8. The van der Waals surface area contributed by atoms with Crippen LogP contribution in [0.4, 0.5) is 4.79 Å². The Kier molecular flexibility index (Phi) is 3.91. The number of hydrogen-bond donors (Lipinski definition) is 0. The molecule has 2 aliphatic rings. The molecule has 0 bridgehead atoms. The minimum Gasteiger partial charge on any atom is -0.452 e. The maximum atomic E-state index is 12.2. The highest BCUT2D eigenvalue weighted by molar-refractivity contribution is 5.95. The normalized spacial score (nSPS) is 25.0. The molecule has 0 N–H and O–H groups in total. The number of hydrogen-bond acceptors (Lipinski definition) is 3. The van der Waals surface area contributed by atoms with Crippen LogP contribution in [0.1, 0.15) is 50.2 Å². The van der Waals surface area contributed by atoms with Gasteiger partial charge in [0.15, 0.2) is 0 Å². The van der Waals surface area contributed by atoms with E-state index >= 15 is 0 Å². The molecule has 1 aliphatic heterocycles. The van der Waals surface area contributed by atoms with Gasteiger partial charge in [0.1, 0.15) is 0 Å². The number of carbonyl (C=O) groups excluding carboxylic acids is 1. The van der Waals surface area contributed by atoms with Crippen LogP contribution in [0.5, 0.6) is 0 Å². The molecular weight excluding hydrogens is 312 g/mol. The van der Waals surface area contributed by atoms with Crippen molar-refractivity contribution in [3.8, 4) is 0 Å². The molecule has 4 rings (SSSR count). The second-order valence-electron chi connectivity index (χ2n) is 7.94. The van der Waals surface area contributed by atoms with Gasteiger partial charge in [0, 0.05) is 30.1 Å². The van der Waals surface area contributed by atoms with E-state index < -0.39 is 0 Å². The van der Waals surface area contributed by atoms with Crippen LogP contribution in [0, 0.1) is 5.41 Å². The summed E-state index contributed by atoms with van der Waals surface area (Å²) in [6.45, 7) is 5.84. The average molecular weight is 340 g/mol. The van der Waals surface area contributed by atoms with Crippen molar-refractivity contribution in [1.82, 2.24) is 9.47 Å². The first kappa shape index (κ1) is 16.6. The van der Waals surface area contributed by atoms with Crippen molar-refractivity contribution in [2.45, 2.75) is 51.5 Å². The quantitative estimate of drug-likeness (QED) is 0.812. The van der Waals surface area contributed by atoms with Gasteiger partial charge in [0.25, 0.3) is 0 Å². The molecule has 1 fully saturated rings.